The van der Waals surface area contributed by atoms with Gasteiger partial charge in [0.1, 0.15) is 23.5 Å². The van der Waals surface area contributed by atoms with Gasteiger partial charge in [-0.05, 0) is 36.4 Å². The first-order valence-electron chi connectivity index (χ1n) is 8.31. The number of pyridine rings is 2. The summed E-state index contributed by atoms with van der Waals surface area (Å²) in [7, 11) is 0. The van der Waals surface area contributed by atoms with Gasteiger partial charge in [0.05, 0.1) is 11.3 Å². The van der Waals surface area contributed by atoms with Crippen molar-refractivity contribution in [3.05, 3.63) is 78.6 Å². The number of carbonyl (C=O) groups is 1. The fraction of sp³-hybridized carbons (Fsp3) is 0.0526. The first kappa shape index (κ1) is 18.4. The van der Waals surface area contributed by atoms with E-state index in [4.69, 9.17) is 4.42 Å². The van der Waals surface area contributed by atoms with Crippen molar-refractivity contribution < 1.29 is 22.4 Å². The Morgan fingerprint density at radius 3 is 2.59 bits per heavy atom. The molecule has 4 aromatic heterocycles. The predicted molar refractivity (Wildman–Crippen MR) is 96.3 cm³/mol. The van der Waals surface area contributed by atoms with Gasteiger partial charge in [0, 0.05) is 18.6 Å². The van der Waals surface area contributed by atoms with Gasteiger partial charge in [-0.25, -0.2) is 4.98 Å². The topological polar surface area (TPSA) is 85.8 Å². The van der Waals surface area contributed by atoms with Crippen LogP contribution in [0.4, 0.5) is 19.2 Å². The van der Waals surface area contributed by atoms with E-state index in [1.165, 1.54) is 12.3 Å². The average Bonchev–Trinajstić information content (AvgIpc) is 3.38. The monoisotopic (exact) mass is 399 g/mol. The number of aromatic nitrogens is 4. The van der Waals surface area contributed by atoms with Crippen LogP contribution in [-0.4, -0.2) is 25.4 Å². The Hall–Kier alpha value is -3.95. The summed E-state index contributed by atoms with van der Waals surface area (Å²) in [5.74, 6) is 0.0686. The second kappa shape index (κ2) is 7.23. The molecule has 0 spiro atoms. The van der Waals surface area contributed by atoms with E-state index in [0.717, 1.165) is 6.07 Å². The van der Waals surface area contributed by atoms with Crippen LogP contribution in [0.5, 0.6) is 0 Å². The van der Waals surface area contributed by atoms with Gasteiger partial charge in [-0.2, -0.15) is 18.2 Å². The van der Waals surface area contributed by atoms with Gasteiger partial charge >= 0.3 is 12.2 Å². The summed E-state index contributed by atoms with van der Waals surface area (Å²) >= 11 is 0. The number of anilines is 1. The first-order chi connectivity index (χ1) is 13.9. The number of oxazole rings is 1. The molecule has 0 unspecified atom stereocenters. The maximum Gasteiger partial charge on any atom is 0.417 e. The van der Waals surface area contributed by atoms with E-state index in [2.05, 4.69) is 20.3 Å². The zero-order valence-corrected chi connectivity index (χ0v) is 14.6. The third kappa shape index (κ3) is 3.86. The highest BCUT2D eigenvalue weighted by Gasteiger charge is 2.30. The number of hydrogen-bond donors (Lipinski definition) is 1. The fourth-order valence-corrected chi connectivity index (χ4v) is 2.58. The zero-order chi connectivity index (χ0) is 20.4. The zero-order valence-electron chi connectivity index (χ0n) is 14.6. The molecule has 0 radical (unpaired) electrons. The standard InChI is InChI=1S/C19H12F3N5O2/c20-19(21,22)12-6-7-13(24-10-12)14-11-29-18(25-14)26-17(28)15-4-3-9-27(15)16-5-1-2-8-23-16/h1-11H,(H,25,26,28). The second-order valence-corrected chi connectivity index (χ2v) is 5.87. The summed E-state index contributed by atoms with van der Waals surface area (Å²) in [5.41, 5.74) is -0.196. The third-order valence-corrected chi connectivity index (χ3v) is 3.96. The van der Waals surface area contributed by atoms with Crippen LogP contribution in [0.3, 0.4) is 0 Å². The van der Waals surface area contributed by atoms with Gasteiger partial charge in [-0.3, -0.25) is 19.7 Å². The summed E-state index contributed by atoms with van der Waals surface area (Å²) in [6.07, 6.45) is 0.723. The van der Waals surface area contributed by atoms with Crippen LogP contribution >= 0.6 is 0 Å². The third-order valence-electron chi connectivity index (χ3n) is 3.96. The van der Waals surface area contributed by atoms with Crippen molar-refractivity contribution in [1.29, 1.82) is 0 Å². The number of rotatable bonds is 4. The van der Waals surface area contributed by atoms with Crippen molar-refractivity contribution in [3.63, 3.8) is 0 Å². The van der Waals surface area contributed by atoms with E-state index in [0.29, 0.717) is 17.7 Å². The smallest absolute Gasteiger partial charge is 0.417 e. The van der Waals surface area contributed by atoms with Gasteiger partial charge in [0.15, 0.2) is 0 Å². The van der Waals surface area contributed by atoms with Gasteiger partial charge in [-0.15, -0.1) is 0 Å². The lowest BCUT2D eigenvalue weighted by Crippen LogP contribution is -2.16. The number of amides is 1. The molecule has 0 aliphatic heterocycles. The largest absolute Gasteiger partial charge is 0.431 e. The van der Waals surface area contributed by atoms with Crippen molar-refractivity contribution in [3.8, 4) is 17.2 Å². The summed E-state index contributed by atoms with van der Waals surface area (Å²) in [5, 5.41) is 2.51. The molecule has 10 heteroatoms. The van der Waals surface area contributed by atoms with Crippen LogP contribution in [0.15, 0.2) is 71.7 Å². The highest BCUT2D eigenvalue weighted by molar-refractivity contribution is 6.02. The molecule has 0 saturated carbocycles. The minimum Gasteiger partial charge on any atom is -0.431 e. The maximum atomic E-state index is 12.6. The van der Waals surface area contributed by atoms with Crippen molar-refractivity contribution in [2.24, 2.45) is 0 Å². The summed E-state index contributed by atoms with van der Waals surface area (Å²) in [6.45, 7) is 0. The Morgan fingerprint density at radius 1 is 1.03 bits per heavy atom. The van der Waals surface area contributed by atoms with Gasteiger partial charge in [0.2, 0.25) is 0 Å². The number of alkyl halides is 3. The van der Waals surface area contributed by atoms with Crippen molar-refractivity contribution in [2.75, 3.05) is 5.32 Å². The van der Waals surface area contributed by atoms with Crippen LogP contribution in [0.1, 0.15) is 16.1 Å². The lowest BCUT2D eigenvalue weighted by Gasteiger charge is -2.07. The first-order valence-corrected chi connectivity index (χ1v) is 8.31. The Balaban J connectivity index is 1.52. The van der Waals surface area contributed by atoms with Crippen LogP contribution < -0.4 is 5.32 Å². The molecule has 0 aromatic carbocycles. The van der Waals surface area contributed by atoms with Crippen molar-refractivity contribution in [2.45, 2.75) is 6.18 Å². The van der Waals surface area contributed by atoms with E-state index in [1.807, 2.05) is 0 Å². The number of nitrogens with one attached hydrogen (secondary N) is 1. The Morgan fingerprint density at radius 2 is 1.90 bits per heavy atom. The maximum absolute atomic E-state index is 12.6. The number of carbonyl (C=O) groups excluding carboxylic acids is 1. The molecule has 0 fully saturated rings. The summed E-state index contributed by atoms with van der Waals surface area (Å²) in [4.78, 5) is 24.6. The normalized spacial score (nSPS) is 11.4. The predicted octanol–water partition coefficient (Wildman–Crippen LogP) is 4.19. The molecule has 0 atom stereocenters. The van der Waals surface area contributed by atoms with Crippen LogP contribution in [0.2, 0.25) is 0 Å². The molecule has 4 aromatic rings. The molecule has 4 heterocycles. The van der Waals surface area contributed by atoms with Crippen LogP contribution in [0.25, 0.3) is 17.2 Å². The molecule has 4 rings (SSSR count). The highest BCUT2D eigenvalue weighted by Crippen LogP contribution is 2.29. The summed E-state index contributed by atoms with van der Waals surface area (Å²) in [6, 6.07) is 10.6. The van der Waals surface area contributed by atoms with Crippen molar-refractivity contribution >= 4 is 11.9 Å². The molecular weight excluding hydrogens is 387 g/mol. The molecule has 146 valence electrons. The minimum absolute atomic E-state index is 0.111. The minimum atomic E-state index is -4.48. The van der Waals surface area contributed by atoms with E-state index in [-0.39, 0.29) is 17.4 Å². The quantitative estimate of drug-likeness (QED) is 0.556. The molecular formula is C19H12F3N5O2. The van der Waals surface area contributed by atoms with E-state index in [9.17, 15) is 18.0 Å². The number of halogens is 3. The van der Waals surface area contributed by atoms with Crippen LogP contribution in [-0.2, 0) is 6.18 Å². The van der Waals surface area contributed by atoms with E-state index in [1.54, 1.807) is 47.3 Å². The Labute approximate surface area is 161 Å². The second-order valence-electron chi connectivity index (χ2n) is 5.87. The fourth-order valence-electron chi connectivity index (χ4n) is 2.58. The van der Waals surface area contributed by atoms with Gasteiger partial charge in [-0.1, -0.05) is 6.07 Å². The van der Waals surface area contributed by atoms with Crippen molar-refractivity contribution in [1.82, 2.24) is 19.5 Å². The molecule has 0 aliphatic rings. The Bertz CT molecular complexity index is 1130. The number of nitrogens with zero attached hydrogens (tertiary/aromatic N) is 4. The molecule has 0 bridgehead atoms. The molecule has 0 aliphatic carbocycles. The van der Waals surface area contributed by atoms with E-state index >= 15 is 0 Å². The van der Waals surface area contributed by atoms with Gasteiger partial charge in [0.25, 0.3) is 5.91 Å². The molecule has 0 saturated heterocycles. The molecule has 1 amide bonds. The van der Waals surface area contributed by atoms with E-state index < -0.39 is 17.6 Å². The lowest BCUT2D eigenvalue weighted by atomic mass is 10.2. The molecule has 7 nitrogen and oxygen atoms in total. The van der Waals surface area contributed by atoms with Crippen LogP contribution in [0, 0.1) is 0 Å². The highest BCUT2D eigenvalue weighted by atomic mass is 19.4. The number of hydrogen-bond acceptors (Lipinski definition) is 5. The molecule has 29 heavy (non-hydrogen) atoms. The summed E-state index contributed by atoms with van der Waals surface area (Å²) < 4.78 is 44.7. The van der Waals surface area contributed by atoms with Gasteiger partial charge < -0.3 is 4.42 Å². The SMILES string of the molecule is O=C(Nc1nc(-c2ccc(C(F)(F)F)cn2)co1)c1cccn1-c1ccccn1. The average molecular weight is 399 g/mol. The lowest BCUT2D eigenvalue weighted by molar-refractivity contribution is -0.137. The Kier molecular flexibility index (Phi) is 4.59. The molecule has 1 N–H and O–H groups in total.